The van der Waals surface area contributed by atoms with Gasteiger partial charge in [-0.2, -0.15) is 4.98 Å². The standard InChI is InChI=1S/C10H12N4OS/c1-14(2)10-12-8(11)7(9(15)13-10)6-4-3-5-16-6/h3-5H,1-2H3,(H3,11,12,13,15). The van der Waals surface area contributed by atoms with Crippen LogP contribution in [0, 0.1) is 0 Å². The summed E-state index contributed by atoms with van der Waals surface area (Å²) in [5.74, 6) is 0.720. The van der Waals surface area contributed by atoms with Crippen LogP contribution in [0.2, 0.25) is 0 Å². The van der Waals surface area contributed by atoms with Crippen molar-refractivity contribution < 1.29 is 0 Å². The Bertz CT molecular complexity index is 544. The number of rotatable bonds is 2. The Kier molecular flexibility index (Phi) is 2.66. The number of nitrogens with two attached hydrogens (primary N) is 1. The van der Waals surface area contributed by atoms with Crippen molar-refractivity contribution in [2.75, 3.05) is 24.7 Å². The number of nitrogen functional groups attached to an aromatic ring is 1. The minimum absolute atomic E-state index is 0.210. The van der Waals surface area contributed by atoms with Gasteiger partial charge >= 0.3 is 0 Å². The van der Waals surface area contributed by atoms with Gasteiger partial charge < -0.3 is 10.6 Å². The van der Waals surface area contributed by atoms with Crippen LogP contribution < -0.4 is 16.2 Å². The van der Waals surface area contributed by atoms with Gasteiger partial charge in [0.1, 0.15) is 5.82 Å². The summed E-state index contributed by atoms with van der Waals surface area (Å²) in [5.41, 5.74) is 6.04. The van der Waals surface area contributed by atoms with Gasteiger partial charge in [-0.15, -0.1) is 11.3 Å². The lowest BCUT2D eigenvalue weighted by atomic mass is 10.2. The predicted molar refractivity (Wildman–Crippen MR) is 66.9 cm³/mol. The van der Waals surface area contributed by atoms with Crippen molar-refractivity contribution in [2.45, 2.75) is 0 Å². The summed E-state index contributed by atoms with van der Waals surface area (Å²) in [7, 11) is 3.59. The Balaban J connectivity index is 2.61. The second kappa shape index (κ2) is 3.97. The molecule has 2 rings (SSSR count). The molecule has 0 aliphatic rings. The zero-order valence-electron chi connectivity index (χ0n) is 9.02. The molecule has 84 valence electrons. The third-order valence-electron chi connectivity index (χ3n) is 2.13. The average Bonchev–Trinajstić information content (AvgIpc) is 2.69. The van der Waals surface area contributed by atoms with Gasteiger partial charge in [-0.1, -0.05) is 6.07 Å². The number of nitrogens with zero attached hydrogens (tertiary/aromatic N) is 2. The fourth-order valence-electron chi connectivity index (χ4n) is 1.35. The van der Waals surface area contributed by atoms with Gasteiger partial charge in [-0.05, 0) is 11.4 Å². The fourth-order valence-corrected chi connectivity index (χ4v) is 2.13. The molecular weight excluding hydrogens is 224 g/mol. The molecule has 0 fully saturated rings. The molecule has 0 aliphatic heterocycles. The van der Waals surface area contributed by atoms with Gasteiger partial charge in [-0.25, -0.2) is 0 Å². The van der Waals surface area contributed by atoms with Gasteiger partial charge in [0.05, 0.1) is 5.56 Å². The van der Waals surface area contributed by atoms with Crippen LogP contribution in [0.15, 0.2) is 22.3 Å². The van der Waals surface area contributed by atoms with Crippen LogP contribution in [-0.4, -0.2) is 24.1 Å². The van der Waals surface area contributed by atoms with E-state index < -0.39 is 0 Å². The van der Waals surface area contributed by atoms with Crippen LogP contribution in [0.3, 0.4) is 0 Å². The van der Waals surface area contributed by atoms with Crippen LogP contribution in [0.5, 0.6) is 0 Å². The topological polar surface area (TPSA) is 75.0 Å². The number of anilines is 2. The van der Waals surface area contributed by atoms with Crippen molar-refractivity contribution in [1.82, 2.24) is 9.97 Å². The number of aromatic nitrogens is 2. The molecule has 0 radical (unpaired) electrons. The summed E-state index contributed by atoms with van der Waals surface area (Å²) in [6.07, 6.45) is 0. The number of aromatic amines is 1. The molecule has 5 nitrogen and oxygen atoms in total. The monoisotopic (exact) mass is 236 g/mol. The maximum absolute atomic E-state index is 11.9. The zero-order valence-corrected chi connectivity index (χ0v) is 9.84. The smallest absolute Gasteiger partial charge is 0.263 e. The van der Waals surface area contributed by atoms with Crippen molar-refractivity contribution >= 4 is 23.1 Å². The van der Waals surface area contributed by atoms with Gasteiger partial charge in [0.25, 0.3) is 5.56 Å². The first-order chi connectivity index (χ1) is 7.59. The van der Waals surface area contributed by atoms with E-state index in [2.05, 4.69) is 9.97 Å². The van der Waals surface area contributed by atoms with E-state index in [4.69, 9.17) is 5.73 Å². The predicted octanol–water partition coefficient (Wildman–Crippen LogP) is 1.15. The van der Waals surface area contributed by atoms with Crippen molar-refractivity contribution in [3.63, 3.8) is 0 Å². The second-order valence-corrected chi connectivity index (χ2v) is 4.47. The number of thiophene rings is 1. The van der Waals surface area contributed by atoms with Gasteiger partial charge in [-0.3, -0.25) is 9.78 Å². The van der Waals surface area contributed by atoms with Crippen LogP contribution >= 0.6 is 11.3 Å². The van der Waals surface area contributed by atoms with Crippen LogP contribution in [0.1, 0.15) is 0 Å². The first-order valence-corrected chi connectivity index (χ1v) is 5.58. The summed E-state index contributed by atoms with van der Waals surface area (Å²) in [5, 5.41) is 1.90. The molecule has 0 amide bonds. The highest BCUT2D eigenvalue weighted by Crippen LogP contribution is 2.25. The average molecular weight is 236 g/mol. The highest BCUT2D eigenvalue weighted by Gasteiger charge is 2.12. The highest BCUT2D eigenvalue weighted by molar-refractivity contribution is 7.13. The molecule has 0 atom stereocenters. The van der Waals surface area contributed by atoms with Crippen LogP contribution in [0.4, 0.5) is 11.8 Å². The van der Waals surface area contributed by atoms with Crippen molar-refractivity contribution in [1.29, 1.82) is 0 Å². The Hall–Kier alpha value is -1.82. The molecule has 0 aliphatic carbocycles. The minimum atomic E-state index is -0.210. The van der Waals surface area contributed by atoms with E-state index in [0.29, 0.717) is 11.5 Å². The van der Waals surface area contributed by atoms with E-state index in [1.54, 1.807) is 19.0 Å². The highest BCUT2D eigenvalue weighted by atomic mass is 32.1. The molecule has 2 aromatic rings. The summed E-state index contributed by atoms with van der Waals surface area (Å²) in [6, 6.07) is 3.72. The van der Waals surface area contributed by atoms with Crippen LogP contribution in [-0.2, 0) is 0 Å². The molecule has 3 N–H and O–H groups in total. The zero-order chi connectivity index (χ0) is 11.7. The van der Waals surface area contributed by atoms with Gasteiger partial charge in [0.2, 0.25) is 5.95 Å². The number of H-pyrrole nitrogens is 1. The molecule has 0 aromatic carbocycles. The maximum atomic E-state index is 11.9. The third-order valence-corrected chi connectivity index (χ3v) is 3.01. The summed E-state index contributed by atoms with van der Waals surface area (Å²) < 4.78 is 0. The quantitative estimate of drug-likeness (QED) is 0.820. The maximum Gasteiger partial charge on any atom is 0.263 e. The van der Waals surface area contributed by atoms with E-state index in [9.17, 15) is 4.79 Å². The molecular formula is C10H12N4OS. The molecule has 0 saturated heterocycles. The molecule has 0 spiro atoms. The Labute approximate surface area is 96.6 Å². The summed E-state index contributed by atoms with van der Waals surface area (Å²) in [6.45, 7) is 0. The molecule has 0 unspecified atom stereocenters. The number of hydrogen-bond donors (Lipinski definition) is 2. The number of nitrogens with one attached hydrogen (secondary N) is 1. The molecule has 2 aromatic heterocycles. The third kappa shape index (κ3) is 1.79. The van der Waals surface area contributed by atoms with Crippen molar-refractivity contribution in [2.24, 2.45) is 0 Å². The van der Waals surface area contributed by atoms with Crippen molar-refractivity contribution in [3.05, 3.63) is 27.9 Å². The lowest BCUT2D eigenvalue weighted by molar-refractivity contribution is 0.988. The normalized spacial score (nSPS) is 10.4. The SMILES string of the molecule is CN(C)c1nc(N)c(-c2cccs2)c(=O)[nH]1. The molecule has 2 heterocycles. The van der Waals surface area contributed by atoms with E-state index in [0.717, 1.165) is 4.88 Å². The van der Waals surface area contributed by atoms with Gasteiger partial charge in [0, 0.05) is 19.0 Å². The molecule has 16 heavy (non-hydrogen) atoms. The molecule has 6 heteroatoms. The Morgan fingerprint density at radius 2 is 2.25 bits per heavy atom. The van der Waals surface area contributed by atoms with Crippen LogP contribution in [0.25, 0.3) is 10.4 Å². The lowest BCUT2D eigenvalue weighted by Crippen LogP contribution is -2.21. The minimum Gasteiger partial charge on any atom is -0.383 e. The molecule has 0 bridgehead atoms. The fraction of sp³-hybridized carbons (Fsp3) is 0.200. The van der Waals surface area contributed by atoms with Crippen molar-refractivity contribution in [3.8, 4) is 10.4 Å². The summed E-state index contributed by atoms with van der Waals surface area (Å²) >= 11 is 1.47. The first kappa shape index (κ1) is 10.7. The largest absolute Gasteiger partial charge is 0.383 e. The lowest BCUT2D eigenvalue weighted by Gasteiger charge is -2.12. The number of hydrogen-bond acceptors (Lipinski definition) is 5. The molecule has 0 saturated carbocycles. The van der Waals surface area contributed by atoms with Gasteiger partial charge in [0.15, 0.2) is 0 Å². The Morgan fingerprint density at radius 1 is 1.50 bits per heavy atom. The second-order valence-electron chi connectivity index (χ2n) is 3.52. The van der Waals surface area contributed by atoms with E-state index in [1.807, 2.05) is 17.5 Å². The van der Waals surface area contributed by atoms with E-state index in [1.165, 1.54) is 11.3 Å². The summed E-state index contributed by atoms with van der Waals surface area (Å²) in [4.78, 5) is 21.2. The Morgan fingerprint density at radius 3 is 2.75 bits per heavy atom. The van der Waals surface area contributed by atoms with E-state index >= 15 is 0 Å². The van der Waals surface area contributed by atoms with E-state index in [-0.39, 0.29) is 11.4 Å². The first-order valence-electron chi connectivity index (χ1n) is 4.70.